The second kappa shape index (κ2) is 7.67. The molecule has 0 aliphatic heterocycles. The van der Waals surface area contributed by atoms with Crippen LogP contribution in [0.25, 0.3) is 0 Å². The van der Waals surface area contributed by atoms with Crippen molar-refractivity contribution in [1.29, 1.82) is 0 Å². The minimum absolute atomic E-state index is 0.0987. The SMILES string of the molecule is O=S(=O)(Cc1ccc(Cl)cc1F)NCCCc1ccccn1. The number of benzene rings is 1. The van der Waals surface area contributed by atoms with Crippen LogP contribution in [0.5, 0.6) is 0 Å². The molecular weight excluding hydrogens is 327 g/mol. The number of aryl methyl sites for hydroxylation is 1. The van der Waals surface area contributed by atoms with Crippen LogP contribution in [0.2, 0.25) is 5.02 Å². The molecule has 0 amide bonds. The maximum absolute atomic E-state index is 13.6. The summed E-state index contributed by atoms with van der Waals surface area (Å²) in [6.45, 7) is 0.286. The second-order valence-corrected chi connectivity index (χ2v) is 7.06. The van der Waals surface area contributed by atoms with E-state index in [0.717, 1.165) is 11.8 Å². The van der Waals surface area contributed by atoms with Gasteiger partial charge in [-0.05, 0) is 37.1 Å². The molecule has 22 heavy (non-hydrogen) atoms. The zero-order valence-corrected chi connectivity index (χ0v) is 13.4. The van der Waals surface area contributed by atoms with Gasteiger partial charge in [0.25, 0.3) is 0 Å². The number of nitrogens with one attached hydrogen (secondary N) is 1. The second-order valence-electron chi connectivity index (χ2n) is 4.81. The van der Waals surface area contributed by atoms with Crippen LogP contribution in [0.15, 0.2) is 42.6 Å². The molecule has 0 saturated carbocycles. The topological polar surface area (TPSA) is 59.1 Å². The zero-order chi connectivity index (χ0) is 16.0. The van der Waals surface area contributed by atoms with Crippen molar-refractivity contribution in [2.45, 2.75) is 18.6 Å². The summed E-state index contributed by atoms with van der Waals surface area (Å²) in [4.78, 5) is 4.16. The van der Waals surface area contributed by atoms with Crippen molar-refractivity contribution in [3.63, 3.8) is 0 Å². The number of nitrogens with zero attached hydrogens (tertiary/aromatic N) is 1. The summed E-state index contributed by atoms with van der Waals surface area (Å²) < 4.78 is 39.9. The van der Waals surface area contributed by atoms with Gasteiger partial charge in [-0.15, -0.1) is 0 Å². The largest absolute Gasteiger partial charge is 0.261 e. The van der Waals surface area contributed by atoms with Crippen LogP contribution >= 0.6 is 11.6 Å². The van der Waals surface area contributed by atoms with Gasteiger partial charge >= 0.3 is 0 Å². The standard InChI is InChI=1S/C15H16ClFN2O2S/c16-13-7-6-12(15(17)10-13)11-22(20,21)19-9-3-5-14-4-1-2-8-18-14/h1-2,4,6-8,10,19H,3,5,9,11H2. The number of rotatable bonds is 7. The third kappa shape index (κ3) is 5.36. The van der Waals surface area contributed by atoms with Crippen LogP contribution in [0.1, 0.15) is 17.7 Å². The molecule has 4 nitrogen and oxygen atoms in total. The highest BCUT2D eigenvalue weighted by Crippen LogP contribution is 2.16. The Bertz CT molecular complexity index is 724. The van der Waals surface area contributed by atoms with E-state index in [1.54, 1.807) is 6.20 Å². The molecular formula is C15H16ClFN2O2S. The Morgan fingerprint density at radius 2 is 2.05 bits per heavy atom. The first kappa shape index (κ1) is 16.9. The maximum atomic E-state index is 13.6. The molecule has 0 saturated heterocycles. The number of hydrogen-bond donors (Lipinski definition) is 1. The highest BCUT2D eigenvalue weighted by molar-refractivity contribution is 7.88. The molecule has 1 aromatic heterocycles. The van der Waals surface area contributed by atoms with Gasteiger partial charge in [-0.3, -0.25) is 4.98 Å². The molecule has 0 aliphatic rings. The molecule has 0 atom stereocenters. The minimum atomic E-state index is -3.58. The molecule has 1 N–H and O–H groups in total. The molecule has 0 unspecified atom stereocenters. The van der Waals surface area contributed by atoms with Gasteiger partial charge in [-0.2, -0.15) is 0 Å². The first-order chi connectivity index (χ1) is 10.5. The Kier molecular flexibility index (Phi) is 5.88. The van der Waals surface area contributed by atoms with Gasteiger partial charge in [-0.1, -0.05) is 23.7 Å². The molecule has 0 bridgehead atoms. The molecule has 2 aromatic rings. The van der Waals surface area contributed by atoms with Crippen molar-refractivity contribution in [2.75, 3.05) is 6.54 Å². The molecule has 0 radical (unpaired) electrons. The van der Waals surface area contributed by atoms with Crippen LogP contribution in [0.4, 0.5) is 4.39 Å². The number of halogens is 2. The molecule has 118 valence electrons. The lowest BCUT2D eigenvalue weighted by Gasteiger charge is -2.08. The molecule has 0 aliphatic carbocycles. The van der Waals surface area contributed by atoms with E-state index < -0.39 is 21.6 Å². The van der Waals surface area contributed by atoms with Crippen molar-refractivity contribution in [2.24, 2.45) is 0 Å². The fraction of sp³-hybridized carbons (Fsp3) is 0.267. The van der Waals surface area contributed by atoms with Crippen LogP contribution in [-0.4, -0.2) is 19.9 Å². The lowest BCUT2D eigenvalue weighted by molar-refractivity contribution is 0.572. The number of sulfonamides is 1. The fourth-order valence-electron chi connectivity index (χ4n) is 1.94. The van der Waals surface area contributed by atoms with Crippen LogP contribution < -0.4 is 4.72 Å². The zero-order valence-electron chi connectivity index (χ0n) is 11.8. The predicted molar refractivity (Wildman–Crippen MR) is 84.6 cm³/mol. The van der Waals surface area contributed by atoms with Crippen molar-refractivity contribution >= 4 is 21.6 Å². The van der Waals surface area contributed by atoms with Crippen molar-refractivity contribution in [3.05, 3.63) is 64.7 Å². The Hall–Kier alpha value is -1.50. The maximum Gasteiger partial charge on any atom is 0.215 e. The van der Waals surface area contributed by atoms with Gasteiger partial charge < -0.3 is 0 Å². The van der Waals surface area contributed by atoms with Gasteiger partial charge in [-0.25, -0.2) is 17.5 Å². The minimum Gasteiger partial charge on any atom is -0.261 e. The summed E-state index contributed by atoms with van der Waals surface area (Å²) in [6.07, 6.45) is 3.00. The fourth-order valence-corrected chi connectivity index (χ4v) is 3.30. The molecule has 2 rings (SSSR count). The van der Waals surface area contributed by atoms with Crippen LogP contribution in [0.3, 0.4) is 0 Å². The summed E-state index contributed by atoms with van der Waals surface area (Å²) in [5.41, 5.74) is 1.01. The highest BCUT2D eigenvalue weighted by atomic mass is 35.5. The number of hydrogen-bond acceptors (Lipinski definition) is 3. The normalized spacial score (nSPS) is 11.5. The van der Waals surface area contributed by atoms with E-state index in [4.69, 9.17) is 11.6 Å². The Labute approximate surface area is 134 Å². The smallest absolute Gasteiger partial charge is 0.215 e. The summed E-state index contributed by atoms with van der Waals surface area (Å²) in [5.74, 6) is -1.02. The van der Waals surface area contributed by atoms with E-state index >= 15 is 0 Å². The monoisotopic (exact) mass is 342 g/mol. The summed E-state index contributed by atoms with van der Waals surface area (Å²) in [7, 11) is -3.58. The third-order valence-electron chi connectivity index (χ3n) is 3.02. The van der Waals surface area contributed by atoms with E-state index in [0.29, 0.717) is 12.8 Å². The van der Waals surface area contributed by atoms with E-state index in [1.165, 1.54) is 12.1 Å². The first-order valence-electron chi connectivity index (χ1n) is 6.77. The summed E-state index contributed by atoms with van der Waals surface area (Å²) >= 11 is 5.64. The van der Waals surface area contributed by atoms with Crippen LogP contribution in [0, 0.1) is 5.82 Å². The molecule has 0 spiro atoms. The van der Waals surface area contributed by atoms with E-state index in [9.17, 15) is 12.8 Å². The highest BCUT2D eigenvalue weighted by Gasteiger charge is 2.14. The summed E-state index contributed by atoms with van der Waals surface area (Å²) in [6, 6.07) is 9.55. The van der Waals surface area contributed by atoms with Gasteiger partial charge in [0.2, 0.25) is 10.0 Å². The lowest BCUT2D eigenvalue weighted by atomic mass is 10.2. The van der Waals surface area contributed by atoms with Crippen molar-refractivity contribution in [3.8, 4) is 0 Å². The van der Waals surface area contributed by atoms with E-state index in [1.807, 2.05) is 18.2 Å². The average molecular weight is 343 g/mol. The van der Waals surface area contributed by atoms with Gasteiger partial charge in [0, 0.05) is 29.0 Å². The van der Waals surface area contributed by atoms with Gasteiger partial charge in [0.05, 0.1) is 5.75 Å². The Morgan fingerprint density at radius 1 is 1.23 bits per heavy atom. The van der Waals surface area contributed by atoms with E-state index in [2.05, 4.69) is 9.71 Å². The molecule has 1 aromatic carbocycles. The van der Waals surface area contributed by atoms with Crippen molar-refractivity contribution < 1.29 is 12.8 Å². The number of pyridine rings is 1. The predicted octanol–water partition coefficient (Wildman–Crippen LogP) is 2.93. The molecule has 7 heteroatoms. The van der Waals surface area contributed by atoms with Gasteiger partial charge in [0.1, 0.15) is 5.82 Å². The summed E-state index contributed by atoms with van der Waals surface area (Å²) in [5, 5.41) is 0.238. The Morgan fingerprint density at radius 3 is 2.73 bits per heavy atom. The lowest BCUT2D eigenvalue weighted by Crippen LogP contribution is -2.26. The quantitative estimate of drug-likeness (QED) is 0.787. The Balaban J connectivity index is 1.83. The van der Waals surface area contributed by atoms with Crippen LogP contribution in [-0.2, 0) is 22.2 Å². The number of aromatic nitrogens is 1. The first-order valence-corrected chi connectivity index (χ1v) is 8.80. The average Bonchev–Trinajstić information content (AvgIpc) is 2.48. The third-order valence-corrected chi connectivity index (χ3v) is 4.59. The molecule has 1 heterocycles. The van der Waals surface area contributed by atoms with E-state index in [-0.39, 0.29) is 17.1 Å². The van der Waals surface area contributed by atoms with Gasteiger partial charge in [0.15, 0.2) is 0 Å². The van der Waals surface area contributed by atoms with Crippen molar-refractivity contribution in [1.82, 2.24) is 9.71 Å². The molecule has 0 fully saturated rings.